The number of rotatable bonds is 5. The molecule has 0 spiro atoms. The maximum absolute atomic E-state index is 12.1. The Balaban J connectivity index is 1.97. The van der Waals surface area contributed by atoms with E-state index in [9.17, 15) is 23.1 Å². The number of hydrogen-bond donors (Lipinski definition) is 2. The molecule has 1 atom stereocenters. The zero-order valence-corrected chi connectivity index (χ0v) is 12.8. The Kier molecular flexibility index (Phi) is 5.14. The predicted octanol–water partition coefficient (Wildman–Crippen LogP) is 3.22. The van der Waals surface area contributed by atoms with Crippen LogP contribution in [0, 0.1) is 0 Å². The topological polar surface area (TPSA) is 58.6 Å². The summed E-state index contributed by atoms with van der Waals surface area (Å²) < 4.78 is 40.0. The van der Waals surface area contributed by atoms with Gasteiger partial charge in [-0.05, 0) is 36.8 Å². The zero-order valence-electron chi connectivity index (χ0n) is 12.8. The molecule has 0 aliphatic heterocycles. The van der Waals surface area contributed by atoms with Crippen molar-refractivity contribution in [3.05, 3.63) is 65.7 Å². The molecular formula is C17H16F3NO3. The SMILES string of the molecule is CC(O)(CNC(=O)c1ccc(OC(F)(F)F)cc1)c1ccccc1. The van der Waals surface area contributed by atoms with Crippen molar-refractivity contribution < 1.29 is 27.8 Å². The summed E-state index contributed by atoms with van der Waals surface area (Å²) in [7, 11) is 0. The maximum atomic E-state index is 12.1. The van der Waals surface area contributed by atoms with Gasteiger partial charge in [-0.3, -0.25) is 4.79 Å². The molecule has 0 saturated heterocycles. The Labute approximate surface area is 136 Å². The van der Waals surface area contributed by atoms with Crippen LogP contribution in [0.4, 0.5) is 13.2 Å². The van der Waals surface area contributed by atoms with Crippen LogP contribution in [-0.4, -0.2) is 23.9 Å². The number of carbonyl (C=O) groups is 1. The molecule has 0 radical (unpaired) electrons. The molecule has 2 rings (SSSR count). The molecule has 7 heteroatoms. The second kappa shape index (κ2) is 6.92. The molecule has 0 heterocycles. The van der Waals surface area contributed by atoms with Gasteiger partial charge < -0.3 is 15.2 Å². The summed E-state index contributed by atoms with van der Waals surface area (Å²) >= 11 is 0. The van der Waals surface area contributed by atoms with Gasteiger partial charge >= 0.3 is 6.36 Å². The van der Waals surface area contributed by atoms with E-state index in [0.29, 0.717) is 5.56 Å². The minimum Gasteiger partial charge on any atom is -0.406 e. The number of nitrogens with one attached hydrogen (secondary N) is 1. The number of amides is 1. The molecule has 0 fully saturated rings. The summed E-state index contributed by atoms with van der Waals surface area (Å²) in [4.78, 5) is 12.0. The fourth-order valence-corrected chi connectivity index (χ4v) is 2.06. The van der Waals surface area contributed by atoms with Crippen molar-refractivity contribution in [1.82, 2.24) is 5.32 Å². The quantitative estimate of drug-likeness (QED) is 0.879. The molecule has 2 N–H and O–H groups in total. The Bertz CT molecular complexity index is 682. The number of hydrogen-bond acceptors (Lipinski definition) is 3. The normalized spacial score (nSPS) is 13.9. The average Bonchev–Trinajstić information content (AvgIpc) is 2.53. The van der Waals surface area contributed by atoms with E-state index in [0.717, 1.165) is 12.1 Å². The van der Waals surface area contributed by atoms with Crippen LogP contribution >= 0.6 is 0 Å². The summed E-state index contributed by atoms with van der Waals surface area (Å²) in [5.74, 6) is -0.917. The van der Waals surface area contributed by atoms with E-state index in [1.54, 1.807) is 31.2 Å². The van der Waals surface area contributed by atoms with Gasteiger partial charge in [-0.1, -0.05) is 30.3 Å². The molecular weight excluding hydrogens is 323 g/mol. The molecule has 0 aliphatic rings. The van der Waals surface area contributed by atoms with Crippen LogP contribution < -0.4 is 10.1 Å². The second-order valence-electron chi connectivity index (χ2n) is 5.39. The molecule has 24 heavy (non-hydrogen) atoms. The van der Waals surface area contributed by atoms with Gasteiger partial charge in [-0.25, -0.2) is 0 Å². The van der Waals surface area contributed by atoms with E-state index in [4.69, 9.17) is 0 Å². The van der Waals surface area contributed by atoms with Gasteiger partial charge in [0.1, 0.15) is 11.4 Å². The van der Waals surface area contributed by atoms with Crippen LogP contribution in [0.1, 0.15) is 22.8 Å². The van der Waals surface area contributed by atoms with Gasteiger partial charge in [0.2, 0.25) is 0 Å². The first-order valence-corrected chi connectivity index (χ1v) is 7.09. The lowest BCUT2D eigenvalue weighted by Gasteiger charge is -2.24. The van der Waals surface area contributed by atoms with Crippen LogP contribution in [-0.2, 0) is 5.60 Å². The van der Waals surface area contributed by atoms with Gasteiger partial charge in [-0.15, -0.1) is 13.2 Å². The first-order valence-electron chi connectivity index (χ1n) is 7.09. The molecule has 0 aromatic heterocycles. The lowest BCUT2D eigenvalue weighted by Crippen LogP contribution is -2.38. The average molecular weight is 339 g/mol. The van der Waals surface area contributed by atoms with Gasteiger partial charge in [0.15, 0.2) is 0 Å². The van der Waals surface area contributed by atoms with Crippen molar-refractivity contribution in [3.63, 3.8) is 0 Å². The van der Waals surface area contributed by atoms with Crippen LogP contribution in [0.2, 0.25) is 0 Å². The molecule has 1 amide bonds. The van der Waals surface area contributed by atoms with E-state index >= 15 is 0 Å². The van der Waals surface area contributed by atoms with E-state index in [-0.39, 0.29) is 12.1 Å². The van der Waals surface area contributed by atoms with Crippen LogP contribution in [0.3, 0.4) is 0 Å². The predicted molar refractivity (Wildman–Crippen MR) is 81.5 cm³/mol. The van der Waals surface area contributed by atoms with Crippen molar-refractivity contribution in [2.75, 3.05) is 6.54 Å². The molecule has 0 aliphatic carbocycles. The highest BCUT2D eigenvalue weighted by molar-refractivity contribution is 5.94. The van der Waals surface area contributed by atoms with E-state index in [2.05, 4.69) is 10.1 Å². The van der Waals surface area contributed by atoms with Crippen LogP contribution in [0.5, 0.6) is 5.75 Å². The van der Waals surface area contributed by atoms with Crippen molar-refractivity contribution in [1.29, 1.82) is 0 Å². The third-order valence-electron chi connectivity index (χ3n) is 3.34. The van der Waals surface area contributed by atoms with Gasteiger partial charge in [0.05, 0.1) is 6.54 Å². The summed E-state index contributed by atoms with van der Waals surface area (Å²) in [6.45, 7) is 1.51. The number of alkyl halides is 3. The summed E-state index contributed by atoms with van der Waals surface area (Å²) in [5.41, 5.74) is -0.469. The highest BCUT2D eigenvalue weighted by Gasteiger charge is 2.31. The van der Waals surface area contributed by atoms with Crippen molar-refractivity contribution >= 4 is 5.91 Å². The Morgan fingerprint density at radius 2 is 1.67 bits per heavy atom. The largest absolute Gasteiger partial charge is 0.573 e. The molecule has 1 unspecified atom stereocenters. The molecule has 2 aromatic rings. The maximum Gasteiger partial charge on any atom is 0.573 e. The highest BCUT2D eigenvalue weighted by atomic mass is 19.4. The number of ether oxygens (including phenoxy) is 1. The number of aliphatic hydroxyl groups is 1. The summed E-state index contributed by atoms with van der Waals surface area (Å²) in [6, 6.07) is 13.3. The molecule has 2 aromatic carbocycles. The van der Waals surface area contributed by atoms with Crippen LogP contribution in [0.25, 0.3) is 0 Å². The second-order valence-corrected chi connectivity index (χ2v) is 5.39. The van der Waals surface area contributed by atoms with Gasteiger partial charge in [0, 0.05) is 5.56 Å². The van der Waals surface area contributed by atoms with E-state index < -0.39 is 23.6 Å². The summed E-state index contributed by atoms with van der Waals surface area (Å²) in [5, 5.41) is 12.9. The summed E-state index contributed by atoms with van der Waals surface area (Å²) in [6.07, 6.45) is -4.78. The third kappa shape index (κ3) is 4.99. The lowest BCUT2D eigenvalue weighted by molar-refractivity contribution is -0.274. The third-order valence-corrected chi connectivity index (χ3v) is 3.34. The molecule has 4 nitrogen and oxygen atoms in total. The standard InChI is InChI=1S/C17H16F3NO3/c1-16(23,13-5-3-2-4-6-13)11-21-15(22)12-7-9-14(10-8-12)24-17(18,19)20/h2-10,23H,11H2,1H3,(H,21,22). The monoisotopic (exact) mass is 339 g/mol. The fraction of sp³-hybridized carbons (Fsp3) is 0.235. The zero-order chi connectivity index (χ0) is 17.8. The van der Waals surface area contributed by atoms with Crippen LogP contribution in [0.15, 0.2) is 54.6 Å². The van der Waals surface area contributed by atoms with Gasteiger partial charge in [0.25, 0.3) is 5.91 Å². The first kappa shape index (κ1) is 17.8. The van der Waals surface area contributed by atoms with Crippen molar-refractivity contribution in [2.45, 2.75) is 18.9 Å². The number of benzene rings is 2. The minimum absolute atomic E-state index is 0.0450. The molecule has 0 bridgehead atoms. The van der Waals surface area contributed by atoms with E-state index in [1.165, 1.54) is 12.1 Å². The van der Waals surface area contributed by atoms with Crippen molar-refractivity contribution in [2.24, 2.45) is 0 Å². The van der Waals surface area contributed by atoms with E-state index in [1.807, 2.05) is 6.07 Å². The Morgan fingerprint density at radius 1 is 1.08 bits per heavy atom. The Hall–Kier alpha value is -2.54. The fourth-order valence-electron chi connectivity index (χ4n) is 2.06. The first-order chi connectivity index (χ1) is 11.2. The number of carbonyl (C=O) groups excluding carboxylic acids is 1. The Morgan fingerprint density at radius 3 is 2.21 bits per heavy atom. The van der Waals surface area contributed by atoms with Gasteiger partial charge in [-0.2, -0.15) is 0 Å². The minimum atomic E-state index is -4.78. The van der Waals surface area contributed by atoms with Crippen molar-refractivity contribution in [3.8, 4) is 5.75 Å². The molecule has 0 saturated carbocycles. The molecule has 128 valence electrons. The lowest BCUT2D eigenvalue weighted by atomic mass is 9.96. The number of halogens is 3. The highest BCUT2D eigenvalue weighted by Crippen LogP contribution is 2.23. The smallest absolute Gasteiger partial charge is 0.406 e.